The number of carbonyl (C=O) groups is 3. The lowest BCUT2D eigenvalue weighted by Gasteiger charge is -2.18. The smallest absolute Gasteiger partial charge is 0.334 e. The maximum Gasteiger partial charge on any atom is 0.334 e. The Kier molecular flexibility index (Phi) is 3.37. The molecular weight excluding hydrogens is 182 g/mol. The summed E-state index contributed by atoms with van der Waals surface area (Å²) >= 11 is 0. The molecule has 0 aliphatic rings. The minimum absolute atomic E-state index is 0.674. The van der Waals surface area contributed by atoms with E-state index in [1.807, 2.05) is 0 Å². The van der Waals surface area contributed by atoms with Crippen molar-refractivity contribution in [2.45, 2.75) is 0 Å². The number of rotatable bonds is 5. The summed E-state index contributed by atoms with van der Waals surface area (Å²) in [6.45, 7) is -0.674. The molecule has 0 rings (SSSR count). The van der Waals surface area contributed by atoms with Crippen LogP contribution < -0.4 is 5.32 Å². The molecule has 4 N–H and O–H groups in total. The van der Waals surface area contributed by atoms with Crippen molar-refractivity contribution in [3.63, 3.8) is 0 Å². The molecule has 0 aromatic heterocycles. The van der Waals surface area contributed by atoms with Gasteiger partial charge in [-0.3, -0.25) is 14.4 Å². The van der Waals surface area contributed by atoms with E-state index in [0.29, 0.717) is 0 Å². The van der Waals surface area contributed by atoms with E-state index in [4.69, 9.17) is 15.3 Å². The maximum atomic E-state index is 10.5. The van der Waals surface area contributed by atoms with Gasteiger partial charge in [-0.15, -0.1) is 0 Å². The van der Waals surface area contributed by atoms with Crippen LogP contribution in [0.25, 0.3) is 0 Å². The summed E-state index contributed by atoms with van der Waals surface area (Å²) in [6, 6.07) is 0. The summed E-state index contributed by atoms with van der Waals surface area (Å²) in [4.78, 5) is 31.5. The third-order valence-corrected chi connectivity index (χ3v) is 1.54. The van der Waals surface area contributed by atoms with Gasteiger partial charge in [-0.2, -0.15) is 0 Å². The van der Waals surface area contributed by atoms with Crippen LogP contribution in [0.5, 0.6) is 0 Å². The van der Waals surface area contributed by atoms with Crippen LogP contribution in [-0.2, 0) is 14.4 Å². The van der Waals surface area contributed by atoms with Gasteiger partial charge in [0, 0.05) is 6.54 Å². The second-order valence-corrected chi connectivity index (χ2v) is 2.35. The van der Waals surface area contributed by atoms with Crippen molar-refractivity contribution >= 4 is 17.9 Å². The molecule has 7 heteroatoms. The Balaban J connectivity index is 5.18. The monoisotopic (exact) mass is 191 g/mol. The van der Waals surface area contributed by atoms with Crippen LogP contribution >= 0.6 is 0 Å². The normalized spacial score (nSPS) is 10.8. The Morgan fingerprint density at radius 1 is 1.08 bits per heavy atom. The molecule has 0 aromatic carbocycles. The van der Waals surface area contributed by atoms with Crippen molar-refractivity contribution in [1.82, 2.24) is 5.32 Å². The molecular formula is C6H9NO6. The van der Waals surface area contributed by atoms with Crippen molar-refractivity contribution in [1.29, 1.82) is 0 Å². The van der Waals surface area contributed by atoms with Crippen molar-refractivity contribution < 1.29 is 29.7 Å². The van der Waals surface area contributed by atoms with E-state index >= 15 is 0 Å². The lowest BCUT2D eigenvalue weighted by Crippen LogP contribution is -2.52. The van der Waals surface area contributed by atoms with Gasteiger partial charge in [0.1, 0.15) is 0 Å². The van der Waals surface area contributed by atoms with Gasteiger partial charge in [0.25, 0.3) is 5.41 Å². The number of carboxylic acids is 3. The molecule has 0 fully saturated rings. The molecule has 0 saturated carbocycles. The highest BCUT2D eigenvalue weighted by atomic mass is 16.4. The molecule has 0 aliphatic carbocycles. The van der Waals surface area contributed by atoms with Crippen molar-refractivity contribution in [2.24, 2.45) is 5.41 Å². The van der Waals surface area contributed by atoms with E-state index in [1.54, 1.807) is 0 Å². The molecule has 7 nitrogen and oxygen atoms in total. The van der Waals surface area contributed by atoms with Gasteiger partial charge in [-0.1, -0.05) is 0 Å². The average Bonchev–Trinajstić information content (AvgIpc) is 1.97. The molecule has 0 saturated heterocycles. The Morgan fingerprint density at radius 2 is 1.38 bits per heavy atom. The molecule has 74 valence electrons. The second-order valence-electron chi connectivity index (χ2n) is 2.35. The number of aliphatic carboxylic acids is 3. The molecule has 13 heavy (non-hydrogen) atoms. The van der Waals surface area contributed by atoms with Gasteiger partial charge in [-0.25, -0.2) is 0 Å². The standard InChI is InChI=1S/C6H9NO6/c1-7-2-6(3(8)9,4(10)11)5(12)13/h7H,2H2,1H3,(H,8,9)(H,10,11)(H,12,13). The second kappa shape index (κ2) is 3.85. The Bertz CT molecular complexity index is 211. The molecule has 0 aromatic rings. The Hall–Kier alpha value is -1.63. The first-order chi connectivity index (χ1) is 5.89. The first-order valence-corrected chi connectivity index (χ1v) is 3.24. The SMILES string of the molecule is CNCC(C(=O)O)(C(=O)O)C(=O)O. The molecule has 0 bridgehead atoms. The van der Waals surface area contributed by atoms with Crippen LogP contribution in [0.15, 0.2) is 0 Å². The highest BCUT2D eigenvalue weighted by Gasteiger charge is 2.54. The van der Waals surface area contributed by atoms with Crippen LogP contribution in [0, 0.1) is 5.41 Å². The minimum Gasteiger partial charge on any atom is -0.480 e. The van der Waals surface area contributed by atoms with Gasteiger partial charge in [0.2, 0.25) is 0 Å². The Morgan fingerprint density at radius 3 is 1.46 bits per heavy atom. The van der Waals surface area contributed by atoms with Crippen molar-refractivity contribution in [2.75, 3.05) is 13.6 Å². The van der Waals surface area contributed by atoms with Crippen LogP contribution in [0.3, 0.4) is 0 Å². The number of carboxylic acid groups (broad SMARTS) is 3. The van der Waals surface area contributed by atoms with Gasteiger partial charge in [-0.05, 0) is 7.05 Å². The summed E-state index contributed by atoms with van der Waals surface area (Å²) < 4.78 is 0. The van der Waals surface area contributed by atoms with Crippen LogP contribution in [0.1, 0.15) is 0 Å². The van der Waals surface area contributed by atoms with Crippen LogP contribution in [0.2, 0.25) is 0 Å². The fourth-order valence-corrected chi connectivity index (χ4v) is 0.766. The highest BCUT2D eigenvalue weighted by Crippen LogP contribution is 2.17. The van der Waals surface area contributed by atoms with E-state index in [-0.39, 0.29) is 0 Å². The fourth-order valence-electron chi connectivity index (χ4n) is 0.766. The van der Waals surface area contributed by atoms with Gasteiger partial charge < -0.3 is 20.6 Å². The largest absolute Gasteiger partial charge is 0.480 e. The quantitative estimate of drug-likeness (QED) is 0.387. The zero-order chi connectivity index (χ0) is 10.6. The predicted molar refractivity (Wildman–Crippen MR) is 39.3 cm³/mol. The molecule has 0 amide bonds. The summed E-state index contributed by atoms with van der Waals surface area (Å²) in [7, 11) is 1.27. The van der Waals surface area contributed by atoms with Gasteiger partial charge in [0.05, 0.1) is 0 Å². The molecule has 0 radical (unpaired) electrons. The summed E-state index contributed by atoms with van der Waals surface area (Å²) in [5, 5.41) is 27.7. The zero-order valence-electron chi connectivity index (χ0n) is 6.77. The first-order valence-electron chi connectivity index (χ1n) is 3.24. The van der Waals surface area contributed by atoms with E-state index in [0.717, 1.165) is 0 Å². The Labute approximate surface area is 73.0 Å². The maximum absolute atomic E-state index is 10.5. The van der Waals surface area contributed by atoms with Crippen molar-refractivity contribution in [3.05, 3.63) is 0 Å². The third kappa shape index (κ3) is 1.75. The molecule has 0 aliphatic heterocycles. The average molecular weight is 191 g/mol. The van der Waals surface area contributed by atoms with Crippen LogP contribution in [0.4, 0.5) is 0 Å². The molecule has 0 heterocycles. The van der Waals surface area contributed by atoms with Crippen LogP contribution in [-0.4, -0.2) is 46.8 Å². The zero-order valence-corrected chi connectivity index (χ0v) is 6.77. The number of nitrogens with one attached hydrogen (secondary N) is 1. The predicted octanol–water partition coefficient (Wildman–Crippen LogP) is -1.55. The number of hydrogen-bond acceptors (Lipinski definition) is 4. The van der Waals surface area contributed by atoms with E-state index in [9.17, 15) is 14.4 Å². The molecule has 0 atom stereocenters. The first kappa shape index (κ1) is 11.4. The van der Waals surface area contributed by atoms with E-state index in [1.165, 1.54) is 7.05 Å². The summed E-state index contributed by atoms with van der Waals surface area (Å²) in [5.41, 5.74) is -2.81. The topological polar surface area (TPSA) is 124 Å². The lowest BCUT2D eigenvalue weighted by molar-refractivity contribution is -0.175. The van der Waals surface area contributed by atoms with Gasteiger partial charge >= 0.3 is 17.9 Å². The fraction of sp³-hybridized carbons (Fsp3) is 0.500. The third-order valence-electron chi connectivity index (χ3n) is 1.54. The molecule has 0 unspecified atom stereocenters. The lowest BCUT2D eigenvalue weighted by atomic mass is 9.88. The van der Waals surface area contributed by atoms with Crippen molar-refractivity contribution in [3.8, 4) is 0 Å². The summed E-state index contributed by atoms with van der Waals surface area (Å²) in [5.74, 6) is -5.70. The highest BCUT2D eigenvalue weighted by molar-refractivity contribution is 6.16. The molecule has 0 spiro atoms. The van der Waals surface area contributed by atoms with E-state index in [2.05, 4.69) is 5.32 Å². The minimum atomic E-state index is -2.81. The number of hydrogen-bond donors (Lipinski definition) is 4. The summed E-state index contributed by atoms with van der Waals surface area (Å²) in [6.07, 6.45) is 0. The van der Waals surface area contributed by atoms with E-state index < -0.39 is 29.9 Å². The van der Waals surface area contributed by atoms with Gasteiger partial charge in [0.15, 0.2) is 0 Å².